The van der Waals surface area contributed by atoms with Crippen molar-refractivity contribution in [3.63, 3.8) is 0 Å². The Labute approximate surface area is 136 Å². The Morgan fingerprint density at radius 1 is 0.889 bits per heavy atom. The molecular formula is C14H24Cl2NTi. The predicted molar refractivity (Wildman–Crippen MR) is 82.0 cm³/mol. The van der Waals surface area contributed by atoms with Crippen molar-refractivity contribution in [1.29, 1.82) is 0 Å². The summed E-state index contributed by atoms with van der Waals surface area (Å²) in [6.07, 6.45) is 0. The second-order valence-electron chi connectivity index (χ2n) is 6.35. The summed E-state index contributed by atoms with van der Waals surface area (Å²) in [5.41, 5.74) is 4.48. The molecule has 4 heteroatoms. The van der Waals surface area contributed by atoms with Gasteiger partial charge >= 0.3 is 112 Å². The average molecular weight is 325 g/mol. The second kappa shape index (κ2) is 7.19. The molecule has 0 aromatic heterocycles. The third-order valence-corrected chi connectivity index (χ3v) is 3.18. The van der Waals surface area contributed by atoms with Gasteiger partial charge in [-0.2, -0.15) is 0 Å². The fourth-order valence-electron chi connectivity index (χ4n) is 2.09. The molecule has 0 saturated carbocycles. The number of nitrogens with one attached hydrogen (secondary N) is 1. The molecule has 1 N–H and O–H groups in total. The summed E-state index contributed by atoms with van der Waals surface area (Å²) in [6.45, 7) is 13.7. The van der Waals surface area contributed by atoms with Gasteiger partial charge in [0, 0.05) is 0 Å². The van der Waals surface area contributed by atoms with Crippen LogP contribution in [0, 0.1) is 0 Å². The molecule has 0 radical (unpaired) electrons. The zero-order valence-corrected chi connectivity index (χ0v) is 15.2. The van der Waals surface area contributed by atoms with Gasteiger partial charge in [-0.15, -0.1) is 24.8 Å². The molecule has 0 bridgehead atoms. The Hall–Kier alpha value is 0.314. The van der Waals surface area contributed by atoms with E-state index >= 15 is 0 Å². The Bertz CT molecular complexity index is 378. The van der Waals surface area contributed by atoms with Crippen molar-refractivity contribution in [3.05, 3.63) is 29.3 Å². The van der Waals surface area contributed by atoms with Crippen LogP contribution in [-0.4, -0.2) is 0 Å². The quantitative estimate of drug-likeness (QED) is 0.717. The van der Waals surface area contributed by atoms with Gasteiger partial charge in [-0.3, -0.25) is 0 Å². The minimum absolute atomic E-state index is 0. The van der Waals surface area contributed by atoms with E-state index < -0.39 is 0 Å². The first kappa shape index (κ1) is 20.6. The molecule has 1 rings (SSSR count). The molecule has 0 amide bonds. The summed E-state index contributed by atoms with van der Waals surface area (Å²) < 4.78 is 3.31. The van der Waals surface area contributed by atoms with Crippen LogP contribution in [0.1, 0.15) is 52.7 Å². The monoisotopic (exact) mass is 324 g/mol. The molecule has 0 heterocycles. The molecule has 0 aliphatic carbocycles. The van der Waals surface area contributed by atoms with E-state index in [4.69, 9.17) is 0 Å². The molecule has 18 heavy (non-hydrogen) atoms. The maximum atomic E-state index is 3.31. The van der Waals surface area contributed by atoms with Crippen LogP contribution in [0.2, 0.25) is 0 Å². The van der Waals surface area contributed by atoms with E-state index in [9.17, 15) is 0 Å². The van der Waals surface area contributed by atoms with Crippen molar-refractivity contribution in [2.45, 2.75) is 52.4 Å². The Morgan fingerprint density at radius 3 is 1.72 bits per heavy atom. The Morgan fingerprint density at radius 2 is 1.39 bits per heavy atom. The number of rotatable bonds is 1. The molecule has 0 unspecified atom stereocenters. The number of anilines is 1. The summed E-state index contributed by atoms with van der Waals surface area (Å²) in [6, 6.07) is 6.55. The average Bonchev–Trinajstić information content (AvgIpc) is 2.13. The predicted octanol–water partition coefficient (Wildman–Crippen LogP) is 5.00. The summed E-state index contributed by atoms with van der Waals surface area (Å²) in [5, 5.41) is 0. The van der Waals surface area contributed by atoms with E-state index in [-0.39, 0.29) is 35.6 Å². The van der Waals surface area contributed by atoms with Gasteiger partial charge < -0.3 is 0 Å². The molecule has 0 aliphatic heterocycles. The number of hydrogen-bond acceptors (Lipinski definition) is 1. The van der Waals surface area contributed by atoms with Crippen molar-refractivity contribution >= 4 is 30.5 Å². The van der Waals surface area contributed by atoms with Crippen LogP contribution in [0.4, 0.5) is 5.69 Å². The molecule has 1 nitrogen and oxygen atoms in total. The topological polar surface area (TPSA) is 12.0 Å². The van der Waals surface area contributed by atoms with Crippen molar-refractivity contribution in [2.75, 3.05) is 3.80 Å². The molecule has 1 aromatic rings. The van der Waals surface area contributed by atoms with Crippen molar-refractivity contribution < 1.29 is 20.7 Å². The largest absolute Gasteiger partial charge is 0.147 e. The Kier molecular flexibility index (Phi) is 8.24. The fourth-order valence-corrected chi connectivity index (χ4v) is 2.41. The van der Waals surface area contributed by atoms with Crippen LogP contribution in [-0.2, 0) is 31.5 Å². The van der Waals surface area contributed by atoms with E-state index in [1.54, 1.807) is 0 Å². The molecule has 0 atom stereocenters. The first-order valence-corrected chi connectivity index (χ1v) is 6.52. The summed E-state index contributed by atoms with van der Waals surface area (Å²) in [4.78, 5) is 0. The first-order chi connectivity index (χ1) is 7.18. The molecular weight excluding hydrogens is 301 g/mol. The van der Waals surface area contributed by atoms with Crippen LogP contribution < -0.4 is 3.80 Å². The summed E-state index contributed by atoms with van der Waals surface area (Å²) >= 11 is 2.00. The maximum absolute atomic E-state index is 3.31. The van der Waals surface area contributed by atoms with Gasteiger partial charge in [0.2, 0.25) is 0 Å². The zero-order valence-electron chi connectivity index (χ0n) is 12.0. The van der Waals surface area contributed by atoms with E-state index in [1.807, 2.05) is 20.7 Å². The zero-order chi connectivity index (χ0) is 12.6. The molecule has 1 aromatic carbocycles. The minimum atomic E-state index is 0. The molecule has 0 spiro atoms. The smallest absolute Gasteiger partial charge is 0.147 e. The maximum Gasteiger partial charge on any atom is -0.147 e. The van der Waals surface area contributed by atoms with Crippen LogP contribution in [0.15, 0.2) is 18.2 Å². The van der Waals surface area contributed by atoms with Gasteiger partial charge in [0.05, 0.1) is 0 Å². The third-order valence-electron chi connectivity index (χ3n) is 2.76. The second-order valence-corrected chi connectivity index (χ2v) is 6.74. The van der Waals surface area contributed by atoms with E-state index in [2.05, 4.69) is 63.5 Å². The van der Waals surface area contributed by atoms with Crippen molar-refractivity contribution in [3.8, 4) is 0 Å². The third kappa shape index (κ3) is 4.77. The molecule has 0 fully saturated rings. The van der Waals surface area contributed by atoms with Gasteiger partial charge in [-0.25, -0.2) is 0 Å². The van der Waals surface area contributed by atoms with Crippen LogP contribution >= 0.6 is 24.8 Å². The number of hydrogen-bond donors (Lipinski definition) is 1. The molecule has 0 saturated heterocycles. The fraction of sp³-hybridized carbons (Fsp3) is 0.571. The number of benzene rings is 1. The molecule has 0 aliphatic rings. The normalized spacial score (nSPS) is 11.2. The summed E-state index contributed by atoms with van der Waals surface area (Å²) in [7, 11) is 0. The SMILES string of the molecule is CC(C)(C)c1cccc([NH][Ti])c1C(C)(C)C.Cl.Cl. The Balaban J connectivity index is 0. The van der Waals surface area contributed by atoms with Crippen molar-refractivity contribution in [1.82, 2.24) is 0 Å². The minimum Gasteiger partial charge on any atom is -0.147 e. The van der Waals surface area contributed by atoms with Crippen molar-refractivity contribution in [2.24, 2.45) is 0 Å². The van der Waals surface area contributed by atoms with Gasteiger partial charge in [-0.05, 0) is 0 Å². The van der Waals surface area contributed by atoms with E-state index in [0.717, 1.165) is 0 Å². The number of halogens is 2. The van der Waals surface area contributed by atoms with Crippen LogP contribution in [0.3, 0.4) is 0 Å². The van der Waals surface area contributed by atoms with Gasteiger partial charge in [0.15, 0.2) is 0 Å². The molecule has 103 valence electrons. The van der Waals surface area contributed by atoms with Crippen LogP contribution in [0.25, 0.3) is 0 Å². The van der Waals surface area contributed by atoms with Crippen LogP contribution in [0.5, 0.6) is 0 Å². The van der Waals surface area contributed by atoms with Gasteiger partial charge in [-0.1, -0.05) is 0 Å². The summed E-state index contributed by atoms with van der Waals surface area (Å²) in [5.74, 6) is 0. The van der Waals surface area contributed by atoms with E-state index in [0.29, 0.717) is 0 Å². The first-order valence-electron chi connectivity index (χ1n) is 5.74. The van der Waals surface area contributed by atoms with Gasteiger partial charge in [0.1, 0.15) is 0 Å². The standard InChI is InChI=1S/C14H22N.2ClH.Ti/c1-13(2,3)10-8-7-9-11(15)12(10)14(4,5)6;;;/h7-9,15H,1-6H3;2*1H;/q-1;;;+1. The van der Waals surface area contributed by atoms with Gasteiger partial charge in [0.25, 0.3) is 0 Å². The van der Waals surface area contributed by atoms with E-state index in [1.165, 1.54) is 16.8 Å².